The van der Waals surface area contributed by atoms with Crippen LogP contribution in [0.5, 0.6) is 11.5 Å². The first-order valence-electron chi connectivity index (χ1n) is 9.42. The summed E-state index contributed by atoms with van der Waals surface area (Å²) in [6, 6.07) is 13.3. The Labute approximate surface area is 178 Å². The highest BCUT2D eigenvalue weighted by Crippen LogP contribution is 2.31. The summed E-state index contributed by atoms with van der Waals surface area (Å²) in [5.41, 5.74) is 0.919. The Bertz CT molecular complexity index is 1290. The van der Waals surface area contributed by atoms with E-state index in [4.69, 9.17) is 9.47 Å². The molecule has 0 N–H and O–H groups in total. The molecule has 4 rings (SSSR count). The van der Waals surface area contributed by atoms with Crippen LogP contribution in [0, 0.1) is 5.82 Å². The first-order chi connectivity index (χ1) is 14.8. The average molecular weight is 445 g/mol. The molecule has 3 aromatic rings. The predicted molar refractivity (Wildman–Crippen MR) is 111 cm³/mol. The summed E-state index contributed by atoms with van der Waals surface area (Å²) in [5, 5.41) is 4.43. The molecule has 31 heavy (non-hydrogen) atoms. The van der Waals surface area contributed by atoms with Gasteiger partial charge in [-0.15, -0.1) is 0 Å². The second-order valence-corrected chi connectivity index (χ2v) is 8.91. The van der Waals surface area contributed by atoms with Gasteiger partial charge in [-0.1, -0.05) is 12.1 Å². The number of methoxy groups -OCH3 is 2. The van der Waals surface area contributed by atoms with Crippen LogP contribution in [0.4, 0.5) is 4.39 Å². The van der Waals surface area contributed by atoms with E-state index >= 15 is 0 Å². The lowest BCUT2D eigenvalue weighted by atomic mass is 10.1. The average Bonchev–Trinajstić information content (AvgIpc) is 2.73. The van der Waals surface area contributed by atoms with E-state index < -0.39 is 21.9 Å². The highest BCUT2D eigenvalue weighted by Gasteiger charge is 2.39. The smallest absolute Gasteiger partial charge is 0.267 e. The van der Waals surface area contributed by atoms with E-state index in [1.165, 1.54) is 34.3 Å². The molecule has 0 aliphatic carbocycles. The highest BCUT2D eigenvalue weighted by molar-refractivity contribution is 7.89. The van der Waals surface area contributed by atoms with Crippen molar-refractivity contribution < 1.29 is 22.3 Å². The summed E-state index contributed by atoms with van der Waals surface area (Å²) >= 11 is 0. The normalized spacial score (nSPS) is 14.8. The minimum Gasteiger partial charge on any atom is -0.496 e. The Hall–Kier alpha value is -3.24. The highest BCUT2D eigenvalue weighted by atomic mass is 32.2. The first kappa shape index (κ1) is 21.0. The molecular weight excluding hydrogens is 425 g/mol. The van der Waals surface area contributed by atoms with Crippen LogP contribution in [0.3, 0.4) is 0 Å². The third kappa shape index (κ3) is 3.79. The molecule has 1 fully saturated rings. The van der Waals surface area contributed by atoms with Crippen LogP contribution in [0.1, 0.15) is 6.04 Å². The SMILES string of the molecule is COc1ccc(S(=O)(=O)N2CC(n3nc(-c4ccccc4OC)ccc3=O)C2)cc1F. The summed E-state index contributed by atoms with van der Waals surface area (Å²) in [4.78, 5) is 12.2. The summed E-state index contributed by atoms with van der Waals surface area (Å²) in [5.74, 6) is -0.188. The zero-order chi connectivity index (χ0) is 22.2. The van der Waals surface area contributed by atoms with Gasteiger partial charge in [0.25, 0.3) is 5.56 Å². The molecule has 0 atom stereocenters. The fraction of sp³-hybridized carbons (Fsp3) is 0.238. The summed E-state index contributed by atoms with van der Waals surface area (Å²) in [7, 11) is -1.05. The Balaban J connectivity index is 1.57. The van der Waals surface area contributed by atoms with E-state index in [1.54, 1.807) is 19.2 Å². The molecule has 0 amide bonds. The van der Waals surface area contributed by atoms with Crippen molar-refractivity contribution in [3.8, 4) is 22.8 Å². The molecule has 2 aromatic carbocycles. The fourth-order valence-electron chi connectivity index (χ4n) is 3.41. The molecule has 0 spiro atoms. The molecule has 10 heteroatoms. The van der Waals surface area contributed by atoms with Crippen LogP contribution in [0.15, 0.2) is 64.3 Å². The topological polar surface area (TPSA) is 90.7 Å². The van der Waals surface area contributed by atoms with E-state index in [0.717, 1.165) is 11.6 Å². The zero-order valence-electron chi connectivity index (χ0n) is 16.9. The lowest BCUT2D eigenvalue weighted by molar-refractivity contribution is 0.186. The summed E-state index contributed by atoms with van der Waals surface area (Å²) < 4.78 is 52.2. The number of rotatable bonds is 6. The molecule has 1 aliphatic rings. The number of ether oxygens (including phenoxy) is 2. The Morgan fingerprint density at radius 2 is 1.71 bits per heavy atom. The molecule has 2 heterocycles. The molecule has 0 radical (unpaired) electrons. The number of hydrogen-bond donors (Lipinski definition) is 0. The molecule has 0 unspecified atom stereocenters. The number of hydrogen-bond acceptors (Lipinski definition) is 6. The molecule has 1 aliphatic heterocycles. The zero-order valence-corrected chi connectivity index (χ0v) is 17.7. The number of nitrogens with zero attached hydrogens (tertiary/aromatic N) is 3. The largest absolute Gasteiger partial charge is 0.496 e. The van der Waals surface area contributed by atoms with Crippen molar-refractivity contribution >= 4 is 10.0 Å². The molecule has 162 valence electrons. The van der Waals surface area contributed by atoms with Crippen LogP contribution < -0.4 is 15.0 Å². The van der Waals surface area contributed by atoms with Gasteiger partial charge in [0.1, 0.15) is 5.75 Å². The number of sulfonamides is 1. The Morgan fingerprint density at radius 3 is 2.39 bits per heavy atom. The van der Waals surface area contributed by atoms with Crippen molar-refractivity contribution in [1.29, 1.82) is 0 Å². The van der Waals surface area contributed by atoms with Gasteiger partial charge in [0.2, 0.25) is 10.0 Å². The minimum absolute atomic E-state index is 0.0376. The van der Waals surface area contributed by atoms with E-state index in [0.29, 0.717) is 11.4 Å². The van der Waals surface area contributed by atoms with Crippen molar-refractivity contribution in [2.24, 2.45) is 0 Å². The second kappa shape index (κ2) is 8.12. The molecular formula is C21H20FN3O5S. The quantitative estimate of drug-likeness (QED) is 0.578. The van der Waals surface area contributed by atoms with Gasteiger partial charge in [-0.3, -0.25) is 4.79 Å². The van der Waals surface area contributed by atoms with Crippen LogP contribution in [0.25, 0.3) is 11.3 Å². The molecule has 0 saturated carbocycles. The van der Waals surface area contributed by atoms with Crippen molar-refractivity contribution in [1.82, 2.24) is 14.1 Å². The summed E-state index contributed by atoms with van der Waals surface area (Å²) in [6.45, 7) is 0.108. The van der Waals surface area contributed by atoms with Crippen LogP contribution in [-0.2, 0) is 10.0 Å². The second-order valence-electron chi connectivity index (χ2n) is 6.97. The molecule has 1 aromatic heterocycles. The summed E-state index contributed by atoms with van der Waals surface area (Å²) in [6.07, 6.45) is 0. The van der Waals surface area contributed by atoms with Crippen molar-refractivity contribution in [3.63, 3.8) is 0 Å². The Kier molecular flexibility index (Phi) is 5.50. The van der Waals surface area contributed by atoms with Gasteiger partial charge in [-0.05, 0) is 36.4 Å². The van der Waals surface area contributed by atoms with Crippen LogP contribution in [-0.4, -0.2) is 49.8 Å². The molecule has 8 nitrogen and oxygen atoms in total. The van der Waals surface area contributed by atoms with E-state index in [2.05, 4.69) is 5.10 Å². The molecule has 1 saturated heterocycles. The fourth-order valence-corrected chi connectivity index (χ4v) is 4.94. The first-order valence-corrected chi connectivity index (χ1v) is 10.9. The number of aromatic nitrogens is 2. The van der Waals surface area contributed by atoms with Gasteiger partial charge < -0.3 is 9.47 Å². The van der Waals surface area contributed by atoms with Gasteiger partial charge in [0.15, 0.2) is 11.6 Å². The standard InChI is InChI=1S/C21H20FN3O5S/c1-29-19-6-4-3-5-16(19)18-8-10-21(26)25(23-18)14-12-24(13-14)31(27,28)15-7-9-20(30-2)17(22)11-15/h3-11,14H,12-13H2,1-2H3. The van der Waals surface area contributed by atoms with Crippen molar-refractivity contribution in [2.45, 2.75) is 10.9 Å². The maximum atomic E-state index is 14.0. The predicted octanol–water partition coefficient (Wildman–Crippen LogP) is 2.31. The molecule has 0 bridgehead atoms. The van der Waals surface area contributed by atoms with E-state index in [9.17, 15) is 17.6 Å². The van der Waals surface area contributed by atoms with E-state index in [1.807, 2.05) is 18.2 Å². The van der Waals surface area contributed by atoms with E-state index in [-0.39, 0.29) is 29.3 Å². The lowest BCUT2D eigenvalue weighted by Crippen LogP contribution is -2.53. The van der Waals surface area contributed by atoms with Crippen LogP contribution >= 0.6 is 0 Å². The minimum atomic E-state index is -3.90. The van der Waals surface area contributed by atoms with Gasteiger partial charge in [0.05, 0.1) is 30.9 Å². The lowest BCUT2D eigenvalue weighted by Gasteiger charge is -2.38. The van der Waals surface area contributed by atoms with Gasteiger partial charge in [-0.25, -0.2) is 17.5 Å². The maximum absolute atomic E-state index is 14.0. The van der Waals surface area contributed by atoms with Crippen molar-refractivity contribution in [3.05, 3.63) is 70.8 Å². The number of para-hydroxylation sites is 1. The number of benzene rings is 2. The number of halogens is 1. The third-order valence-corrected chi connectivity index (χ3v) is 6.97. The monoisotopic (exact) mass is 445 g/mol. The van der Waals surface area contributed by atoms with Crippen LogP contribution in [0.2, 0.25) is 0 Å². The van der Waals surface area contributed by atoms with Gasteiger partial charge in [0, 0.05) is 24.7 Å². The third-order valence-electron chi connectivity index (χ3n) is 5.14. The Morgan fingerprint density at radius 1 is 1.00 bits per heavy atom. The van der Waals surface area contributed by atoms with Gasteiger partial charge >= 0.3 is 0 Å². The van der Waals surface area contributed by atoms with Crippen molar-refractivity contribution in [2.75, 3.05) is 27.3 Å². The maximum Gasteiger partial charge on any atom is 0.267 e. The van der Waals surface area contributed by atoms with Gasteiger partial charge in [-0.2, -0.15) is 9.40 Å².